The minimum absolute atomic E-state index is 0.158. The molecule has 0 aliphatic heterocycles. The van der Waals surface area contributed by atoms with Crippen LogP contribution < -0.4 is 0 Å². The second kappa shape index (κ2) is 6.46. The first kappa shape index (κ1) is 18.0. The standard InChI is InChI=1S/C13H32P2Si2/c1-11(2)15(12(3)4)14-13(16(5,6)7)17(8,9)10/h11-12H,1-10H3. The van der Waals surface area contributed by atoms with Gasteiger partial charge in [0.1, 0.15) is 0 Å². The lowest BCUT2D eigenvalue weighted by atomic mass is 10.5. The molecule has 0 heterocycles. The van der Waals surface area contributed by atoms with Gasteiger partial charge in [0.25, 0.3) is 0 Å². The summed E-state index contributed by atoms with van der Waals surface area (Å²) in [4.78, 5) is 0. The van der Waals surface area contributed by atoms with Gasteiger partial charge in [-0.15, -0.1) is 0 Å². The molecular weight excluding hydrogens is 274 g/mol. The van der Waals surface area contributed by atoms with E-state index in [4.69, 9.17) is 0 Å². The van der Waals surface area contributed by atoms with Crippen molar-refractivity contribution in [3.05, 3.63) is 0 Å². The highest BCUT2D eigenvalue weighted by Crippen LogP contribution is 2.59. The topological polar surface area (TPSA) is 0 Å². The van der Waals surface area contributed by atoms with E-state index in [0.717, 1.165) is 11.3 Å². The van der Waals surface area contributed by atoms with Crippen LogP contribution in [0.2, 0.25) is 39.3 Å². The summed E-state index contributed by atoms with van der Waals surface area (Å²) in [6.45, 7) is 24.9. The average Bonchev–Trinajstić information content (AvgIpc) is 1.96. The molecule has 0 saturated heterocycles. The zero-order valence-electron chi connectivity index (χ0n) is 13.5. The second-order valence-electron chi connectivity index (χ2n) is 7.52. The summed E-state index contributed by atoms with van der Waals surface area (Å²) in [5.74, 6) is 0. The van der Waals surface area contributed by atoms with Gasteiger partial charge in [0.15, 0.2) is 0 Å². The molecule has 0 unspecified atom stereocenters. The van der Waals surface area contributed by atoms with Crippen molar-refractivity contribution in [1.82, 2.24) is 0 Å². The third kappa shape index (κ3) is 6.14. The molecule has 0 spiro atoms. The van der Waals surface area contributed by atoms with E-state index in [2.05, 4.69) is 67.0 Å². The average molecular weight is 307 g/mol. The number of hydrogen-bond acceptors (Lipinski definition) is 0. The van der Waals surface area contributed by atoms with Gasteiger partial charge in [-0.3, -0.25) is 0 Å². The van der Waals surface area contributed by atoms with Crippen molar-refractivity contribution in [2.24, 2.45) is 0 Å². The van der Waals surface area contributed by atoms with Crippen LogP contribution in [-0.4, -0.2) is 32.0 Å². The fraction of sp³-hybridized carbons (Fsp3) is 0.923. The number of hydrogen-bond donors (Lipinski definition) is 0. The summed E-state index contributed by atoms with van der Waals surface area (Å²) in [6, 6.07) is 0. The highest BCUT2D eigenvalue weighted by Gasteiger charge is 2.33. The summed E-state index contributed by atoms with van der Waals surface area (Å²) >= 11 is 0. The maximum absolute atomic E-state index is 2.54. The van der Waals surface area contributed by atoms with Crippen LogP contribution in [0.25, 0.3) is 0 Å². The molecule has 0 fully saturated rings. The Kier molecular flexibility index (Phi) is 6.85. The van der Waals surface area contributed by atoms with Gasteiger partial charge in [0.2, 0.25) is 0 Å². The lowest BCUT2D eigenvalue weighted by Gasteiger charge is -2.34. The van der Waals surface area contributed by atoms with Crippen LogP contribution in [0.5, 0.6) is 0 Å². The molecular formula is C13H32P2Si2. The lowest BCUT2D eigenvalue weighted by molar-refractivity contribution is 1.03. The van der Waals surface area contributed by atoms with Crippen molar-refractivity contribution in [3.8, 4) is 0 Å². The van der Waals surface area contributed by atoms with E-state index in [1.54, 1.807) is 7.89 Å². The van der Waals surface area contributed by atoms with Gasteiger partial charge < -0.3 is 0 Å². The minimum atomic E-state index is -1.09. The lowest BCUT2D eigenvalue weighted by Crippen LogP contribution is -2.48. The first-order valence-corrected chi connectivity index (χ1v) is 16.8. The second-order valence-corrected chi connectivity index (χ2v) is 24.3. The van der Waals surface area contributed by atoms with Gasteiger partial charge in [-0.05, 0) is 18.9 Å². The molecule has 102 valence electrons. The van der Waals surface area contributed by atoms with E-state index in [-0.39, 0.29) is 7.61 Å². The van der Waals surface area contributed by atoms with Crippen LogP contribution in [-0.2, 0) is 0 Å². The molecule has 0 aliphatic rings. The Balaban J connectivity index is 5.45. The largest absolute Gasteiger partial charge is 0.0850 e. The van der Waals surface area contributed by atoms with Crippen LogP contribution in [0.3, 0.4) is 0 Å². The SMILES string of the molecule is CC(C)P(P=C([Si](C)(C)C)[Si](C)(C)C)C(C)C. The molecule has 0 radical (unpaired) electrons. The normalized spacial score (nSPS) is 14.2. The van der Waals surface area contributed by atoms with Gasteiger partial charge in [-0.25, -0.2) is 0 Å². The van der Waals surface area contributed by atoms with Crippen LogP contribution in [0.15, 0.2) is 0 Å². The molecule has 0 saturated carbocycles. The third-order valence-electron chi connectivity index (χ3n) is 2.69. The third-order valence-corrected chi connectivity index (χ3v) is 22.5. The van der Waals surface area contributed by atoms with Gasteiger partial charge in [-0.1, -0.05) is 79.4 Å². The monoisotopic (exact) mass is 306 g/mol. The molecule has 0 aromatic rings. The summed E-state index contributed by atoms with van der Waals surface area (Å²) in [6.07, 6.45) is 0. The maximum Gasteiger partial charge on any atom is 0.0735 e. The van der Waals surface area contributed by atoms with Crippen molar-refractivity contribution in [2.45, 2.75) is 78.3 Å². The molecule has 0 rings (SSSR count). The van der Waals surface area contributed by atoms with Crippen molar-refractivity contribution in [1.29, 1.82) is 0 Å². The highest BCUT2D eigenvalue weighted by atomic mass is 32.0. The zero-order valence-corrected chi connectivity index (χ0v) is 17.3. The molecule has 0 nitrogen and oxygen atoms in total. The Bertz CT molecular complexity index is 246. The van der Waals surface area contributed by atoms with Crippen molar-refractivity contribution in [2.75, 3.05) is 0 Å². The molecule has 0 N–H and O–H groups in total. The molecule has 0 atom stereocenters. The summed E-state index contributed by atoms with van der Waals surface area (Å²) in [5.41, 5.74) is 1.74. The van der Waals surface area contributed by atoms with E-state index < -0.39 is 16.1 Å². The number of rotatable bonds is 5. The first-order chi connectivity index (χ1) is 7.37. The molecule has 4 heteroatoms. The van der Waals surface area contributed by atoms with Crippen LogP contribution >= 0.6 is 15.5 Å². The first-order valence-electron chi connectivity index (χ1n) is 6.75. The Morgan fingerprint density at radius 2 is 1.06 bits per heavy atom. The highest BCUT2D eigenvalue weighted by molar-refractivity contribution is 8.23. The van der Waals surface area contributed by atoms with E-state index >= 15 is 0 Å². The van der Waals surface area contributed by atoms with Crippen molar-refractivity contribution >= 4 is 36.2 Å². The molecule has 0 aliphatic carbocycles. The predicted octanol–water partition coefficient (Wildman–Crippen LogP) is 6.07. The fourth-order valence-corrected chi connectivity index (χ4v) is 25.2. The smallest absolute Gasteiger partial charge is 0.0735 e. The Morgan fingerprint density at radius 3 is 1.24 bits per heavy atom. The van der Waals surface area contributed by atoms with E-state index in [1.165, 1.54) is 0 Å². The van der Waals surface area contributed by atoms with Gasteiger partial charge >= 0.3 is 0 Å². The van der Waals surface area contributed by atoms with Gasteiger partial charge in [0.05, 0.1) is 16.1 Å². The zero-order chi connectivity index (χ0) is 14.0. The molecule has 0 aromatic carbocycles. The minimum Gasteiger partial charge on any atom is -0.0850 e. The Hall–Kier alpha value is 1.03. The van der Waals surface area contributed by atoms with Gasteiger partial charge in [0, 0.05) is 0 Å². The summed E-state index contributed by atoms with van der Waals surface area (Å²) in [7, 11) is -0.277. The van der Waals surface area contributed by atoms with Crippen LogP contribution in [0, 0.1) is 0 Å². The Labute approximate surface area is 114 Å². The van der Waals surface area contributed by atoms with Crippen LogP contribution in [0.1, 0.15) is 27.7 Å². The fourth-order valence-electron chi connectivity index (χ4n) is 2.37. The Morgan fingerprint density at radius 1 is 0.765 bits per heavy atom. The summed E-state index contributed by atoms with van der Waals surface area (Å²) in [5, 5.41) is 0. The van der Waals surface area contributed by atoms with Crippen LogP contribution in [0.4, 0.5) is 0 Å². The van der Waals surface area contributed by atoms with Gasteiger partial charge in [-0.2, -0.15) is 0 Å². The van der Waals surface area contributed by atoms with E-state index in [0.29, 0.717) is 0 Å². The predicted molar refractivity (Wildman–Crippen MR) is 95.8 cm³/mol. The van der Waals surface area contributed by atoms with Crippen molar-refractivity contribution < 1.29 is 0 Å². The molecule has 0 amide bonds. The molecule has 17 heavy (non-hydrogen) atoms. The van der Waals surface area contributed by atoms with Crippen molar-refractivity contribution in [3.63, 3.8) is 0 Å². The van der Waals surface area contributed by atoms with E-state index in [9.17, 15) is 0 Å². The summed E-state index contributed by atoms with van der Waals surface area (Å²) < 4.78 is 2.00. The van der Waals surface area contributed by atoms with E-state index in [1.807, 2.05) is 4.54 Å². The molecule has 0 aromatic heterocycles. The molecule has 0 bridgehead atoms. The quantitative estimate of drug-likeness (QED) is 0.427. The maximum atomic E-state index is 2.54.